The number of piperidine rings is 1. The van der Waals surface area contributed by atoms with Crippen LogP contribution in [0.4, 0.5) is 5.69 Å². The molecule has 1 aromatic rings. The molecule has 142 valence electrons. The number of hydrogen-bond acceptors (Lipinski definition) is 4. The zero-order valence-electron chi connectivity index (χ0n) is 15.7. The molecule has 3 aliphatic rings. The first kappa shape index (κ1) is 17.8. The number of aliphatic hydroxyl groups is 1. The van der Waals surface area contributed by atoms with Crippen LogP contribution in [0.25, 0.3) is 0 Å². The summed E-state index contributed by atoms with van der Waals surface area (Å²) < 4.78 is 5.85. The van der Waals surface area contributed by atoms with Crippen LogP contribution >= 0.6 is 0 Å². The molecule has 5 heteroatoms. The first-order valence-electron chi connectivity index (χ1n) is 10.0. The molecular formula is C21H30N2O3. The summed E-state index contributed by atoms with van der Waals surface area (Å²) in [7, 11) is 1.74. The van der Waals surface area contributed by atoms with Gasteiger partial charge in [-0.2, -0.15) is 0 Å². The predicted octanol–water partition coefficient (Wildman–Crippen LogP) is 2.82. The van der Waals surface area contributed by atoms with Gasteiger partial charge in [0, 0.05) is 38.0 Å². The Morgan fingerprint density at radius 1 is 1.12 bits per heavy atom. The lowest BCUT2D eigenvalue weighted by molar-refractivity contribution is -0.0824. The maximum absolute atomic E-state index is 13.1. The number of ether oxygens (including phenoxy) is 1. The fourth-order valence-electron chi connectivity index (χ4n) is 5.05. The van der Waals surface area contributed by atoms with Crippen LogP contribution < -0.4 is 4.90 Å². The number of nitrogens with zero attached hydrogens (tertiary/aromatic N) is 2. The molecular weight excluding hydrogens is 328 g/mol. The molecule has 3 atom stereocenters. The number of aliphatic hydroxyl groups excluding tert-OH is 1. The highest BCUT2D eigenvalue weighted by Crippen LogP contribution is 2.43. The third-order valence-electron chi connectivity index (χ3n) is 6.66. The van der Waals surface area contributed by atoms with Crippen molar-refractivity contribution in [2.24, 2.45) is 0 Å². The molecule has 0 bridgehead atoms. The van der Waals surface area contributed by atoms with Crippen LogP contribution in [0, 0.1) is 0 Å². The van der Waals surface area contributed by atoms with Crippen LogP contribution in [0.15, 0.2) is 24.3 Å². The summed E-state index contributed by atoms with van der Waals surface area (Å²) in [6.45, 7) is 2.92. The van der Waals surface area contributed by atoms with Crippen LogP contribution in [0.2, 0.25) is 0 Å². The average Bonchev–Trinajstić information content (AvgIpc) is 3.07. The summed E-state index contributed by atoms with van der Waals surface area (Å²) in [4.78, 5) is 17.5. The molecule has 1 aliphatic carbocycles. The lowest BCUT2D eigenvalue weighted by Gasteiger charge is -2.42. The van der Waals surface area contributed by atoms with Crippen molar-refractivity contribution >= 4 is 11.6 Å². The van der Waals surface area contributed by atoms with Crippen molar-refractivity contribution in [3.8, 4) is 0 Å². The summed E-state index contributed by atoms with van der Waals surface area (Å²) in [5.41, 5.74) is 1.67. The molecule has 1 N–H and O–H groups in total. The minimum Gasteiger partial charge on any atom is -0.393 e. The number of rotatable bonds is 3. The van der Waals surface area contributed by atoms with Crippen LogP contribution in [0.3, 0.4) is 0 Å². The van der Waals surface area contributed by atoms with Gasteiger partial charge < -0.3 is 19.6 Å². The standard InChI is InChI=1S/C21H30N2O3/c1-26-21-10-9-18(24)15-19(21)23(14-11-21)20(25)16-5-7-17(8-6-16)22-12-3-2-4-13-22/h5-8,18-19,24H,2-4,9-15H2,1H3/t18?,19?,21-/m1/s1. The molecule has 2 aliphatic heterocycles. The first-order valence-corrected chi connectivity index (χ1v) is 10.0. The molecule has 3 fully saturated rings. The Morgan fingerprint density at radius 3 is 2.54 bits per heavy atom. The molecule has 0 radical (unpaired) electrons. The summed E-state index contributed by atoms with van der Waals surface area (Å²) >= 11 is 0. The lowest BCUT2D eigenvalue weighted by Crippen LogP contribution is -2.52. The lowest BCUT2D eigenvalue weighted by atomic mass is 9.79. The molecule has 2 heterocycles. The first-order chi connectivity index (χ1) is 12.6. The van der Waals surface area contributed by atoms with Crippen molar-refractivity contribution in [3.63, 3.8) is 0 Å². The Morgan fingerprint density at radius 2 is 1.85 bits per heavy atom. The second kappa shape index (κ2) is 7.20. The molecule has 4 rings (SSSR count). The topological polar surface area (TPSA) is 53.0 Å². The zero-order chi connectivity index (χ0) is 18.1. The molecule has 2 unspecified atom stereocenters. The van der Waals surface area contributed by atoms with Crippen molar-refractivity contribution in [3.05, 3.63) is 29.8 Å². The Balaban J connectivity index is 1.50. The highest BCUT2D eigenvalue weighted by molar-refractivity contribution is 5.95. The van der Waals surface area contributed by atoms with E-state index in [-0.39, 0.29) is 23.7 Å². The van der Waals surface area contributed by atoms with Crippen LogP contribution in [0.1, 0.15) is 55.3 Å². The van der Waals surface area contributed by atoms with Gasteiger partial charge in [-0.3, -0.25) is 4.79 Å². The number of benzene rings is 1. The van der Waals surface area contributed by atoms with E-state index >= 15 is 0 Å². The number of carbonyl (C=O) groups is 1. The average molecular weight is 358 g/mol. The number of fused-ring (bicyclic) bond motifs is 1. The Kier molecular flexibility index (Phi) is 4.93. The second-order valence-electron chi connectivity index (χ2n) is 8.06. The largest absolute Gasteiger partial charge is 0.393 e. The van der Waals surface area contributed by atoms with E-state index in [1.54, 1.807) is 7.11 Å². The molecule has 1 aromatic carbocycles. The second-order valence-corrected chi connectivity index (χ2v) is 8.06. The van der Waals surface area contributed by atoms with E-state index in [2.05, 4.69) is 17.0 Å². The van der Waals surface area contributed by atoms with Crippen molar-refractivity contribution < 1.29 is 14.6 Å². The molecule has 0 aromatic heterocycles. The molecule has 26 heavy (non-hydrogen) atoms. The third-order valence-corrected chi connectivity index (χ3v) is 6.66. The number of methoxy groups -OCH3 is 1. The van der Waals surface area contributed by atoms with E-state index in [9.17, 15) is 9.90 Å². The molecule has 5 nitrogen and oxygen atoms in total. The normalized spacial score (nSPS) is 31.8. The summed E-state index contributed by atoms with van der Waals surface area (Å²) in [6.07, 6.45) is 6.54. The fourth-order valence-corrected chi connectivity index (χ4v) is 5.05. The van der Waals surface area contributed by atoms with Crippen LogP contribution in [-0.2, 0) is 4.74 Å². The van der Waals surface area contributed by atoms with E-state index in [4.69, 9.17) is 4.74 Å². The predicted molar refractivity (Wildman–Crippen MR) is 102 cm³/mol. The number of hydrogen-bond donors (Lipinski definition) is 1. The quantitative estimate of drug-likeness (QED) is 0.903. The molecule has 1 saturated carbocycles. The third kappa shape index (κ3) is 3.12. The summed E-state index contributed by atoms with van der Waals surface area (Å²) in [5.74, 6) is 0.0632. The number of anilines is 1. The number of carbonyl (C=O) groups excluding carboxylic acids is 1. The maximum atomic E-state index is 13.1. The Labute approximate surface area is 155 Å². The number of amides is 1. The zero-order valence-corrected chi connectivity index (χ0v) is 15.7. The smallest absolute Gasteiger partial charge is 0.254 e. The fraction of sp³-hybridized carbons (Fsp3) is 0.667. The van der Waals surface area contributed by atoms with Gasteiger partial charge in [0.25, 0.3) is 5.91 Å². The molecule has 1 amide bonds. The van der Waals surface area contributed by atoms with Crippen LogP contribution in [0.5, 0.6) is 0 Å². The van der Waals surface area contributed by atoms with E-state index in [1.165, 1.54) is 24.9 Å². The molecule has 0 spiro atoms. The van der Waals surface area contributed by atoms with Gasteiger partial charge in [-0.15, -0.1) is 0 Å². The van der Waals surface area contributed by atoms with Crippen molar-refractivity contribution in [2.45, 2.75) is 62.7 Å². The monoisotopic (exact) mass is 358 g/mol. The highest BCUT2D eigenvalue weighted by Gasteiger charge is 2.52. The summed E-state index contributed by atoms with van der Waals surface area (Å²) in [6, 6.07) is 8.05. The van der Waals surface area contributed by atoms with Gasteiger partial charge in [0.15, 0.2) is 0 Å². The van der Waals surface area contributed by atoms with Crippen molar-refractivity contribution in [1.29, 1.82) is 0 Å². The SMILES string of the molecule is CO[C@@]12CCC(O)CC1N(C(=O)c1ccc(N3CCCCC3)cc1)CC2. The highest BCUT2D eigenvalue weighted by atomic mass is 16.5. The van der Waals surface area contributed by atoms with Gasteiger partial charge >= 0.3 is 0 Å². The van der Waals surface area contributed by atoms with Gasteiger partial charge in [0.2, 0.25) is 0 Å². The van der Waals surface area contributed by atoms with Gasteiger partial charge in [0.1, 0.15) is 0 Å². The van der Waals surface area contributed by atoms with Gasteiger partial charge in [-0.25, -0.2) is 0 Å². The van der Waals surface area contributed by atoms with E-state index in [1.807, 2.05) is 17.0 Å². The van der Waals surface area contributed by atoms with E-state index < -0.39 is 0 Å². The van der Waals surface area contributed by atoms with Crippen molar-refractivity contribution in [2.75, 3.05) is 31.6 Å². The Bertz CT molecular complexity index is 641. The van der Waals surface area contributed by atoms with Gasteiger partial charge in [-0.1, -0.05) is 0 Å². The minimum atomic E-state index is -0.335. The van der Waals surface area contributed by atoms with Crippen LogP contribution in [-0.4, -0.2) is 60.4 Å². The maximum Gasteiger partial charge on any atom is 0.254 e. The number of likely N-dealkylation sites (tertiary alicyclic amines) is 1. The van der Waals surface area contributed by atoms with Crippen molar-refractivity contribution in [1.82, 2.24) is 4.90 Å². The van der Waals surface area contributed by atoms with E-state index in [0.29, 0.717) is 13.0 Å². The Hall–Kier alpha value is -1.59. The summed E-state index contributed by atoms with van der Waals surface area (Å²) in [5, 5.41) is 10.1. The van der Waals surface area contributed by atoms with Gasteiger partial charge in [-0.05, 0) is 69.2 Å². The molecule has 2 saturated heterocycles. The van der Waals surface area contributed by atoms with Gasteiger partial charge in [0.05, 0.1) is 17.7 Å². The van der Waals surface area contributed by atoms with E-state index in [0.717, 1.165) is 37.9 Å². The minimum absolute atomic E-state index is 0.0227.